The minimum absolute atomic E-state index is 0.134. The molecule has 0 spiro atoms. The average Bonchev–Trinajstić information content (AvgIpc) is 3.20. The molecule has 5 rings (SSSR count). The number of aliphatic hydroxyl groups excluding tert-OH is 3. The number of aryl methyl sites for hydroxylation is 3. The number of carbonyl (C=O) groups is 1. The zero-order chi connectivity index (χ0) is 39.3. The fourth-order valence-electron chi connectivity index (χ4n) is 6.66. The quantitative estimate of drug-likeness (QED) is 0.0694. The first-order chi connectivity index (χ1) is 26.2. The van der Waals surface area contributed by atoms with E-state index in [1.807, 2.05) is 24.3 Å². The number of nitrogens with zero attached hydrogens (tertiary/aromatic N) is 3. The summed E-state index contributed by atoms with van der Waals surface area (Å²) in [5.74, 6) is 0.134. The van der Waals surface area contributed by atoms with E-state index in [0.717, 1.165) is 42.9 Å². The molecule has 5 aromatic rings. The largest absolute Gasteiger partial charge is 0.395 e. The summed E-state index contributed by atoms with van der Waals surface area (Å²) in [5.41, 5.74) is 11.8. The molecule has 3 N–H and O–H groups in total. The first kappa shape index (κ1) is 43.5. The molecule has 0 aliphatic rings. The zero-order valence-electron chi connectivity index (χ0n) is 33.2. The third kappa shape index (κ3) is 12.9. The van der Waals surface area contributed by atoms with Crippen LogP contribution in [0.3, 0.4) is 0 Å². The van der Waals surface area contributed by atoms with E-state index in [1.54, 1.807) is 12.1 Å². The van der Waals surface area contributed by atoms with Gasteiger partial charge < -0.3 is 30.0 Å². The van der Waals surface area contributed by atoms with E-state index in [-0.39, 0.29) is 25.7 Å². The first-order valence-electron chi connectivity index (χ1n) is 19.1. The summed E-state index contributed by atoms with van der Waals surface area (Å²) in [6, 6.07) is 41.5. The minimum Gasteiger partial charge on any atom is -0.395 e. The maximum atomic E-state index is 10.0. The summed E-state index contributed by atoms with van der Waals surface area (Å²) in [6.45, 7) is 17.9. The second-order valence-electron chi connectivity index (χ2n) is 13.2. The molecule has 0 bridgehead atoms. The summed E-state index contributed by atoms with van der Waals surface area (Å²) in [6.07, 6.45) is 0.833. The van der Waals surface area contributed by atoms with Gasteiger partial charge in [-0.3, -0.25) is 4.79 Å². The van der Waals surface area contributed by atoms with Crippen LogP contribution < -0.4 is 14.7 Å². The molecular weight excluding hydrogens is 671 g/mol. The van der Waals surface area contributed by atoms with Crippen molar-refractivity contribution >= 4 is 23.3 Å². The van der Waals surface area contributed by atoms with E-state index in [4.69, 9.17) is 5.11 Å². The highest BCUT2D eigenvalue weighted by Gasteiger charge is 2.22. The smallest absolute Gasteiger partial charge is 0.150 e. The average molecular weight is 732 g/mol. The van der Waals surface area contributed by atoms with Crippen LogP contribution >= 0.6 is 0 Å². The van der Waals surface area contributed by atoms with Crippen molar-refractivity contribution in [3.05, 3.63) is 160 Å². The maximum absolute atomic E-state index is 10.0. The predicted octanol–water partition coefficient (Wildman–Crippen LogP) is 8.43. The Morgan fingerprint density at radius 1 is 0.519 bits per heavy atom. The van der Waals surface area contributed by atoms with E-state index in [0.29, 0.717) is 19.6 Å². The van der Waals surface area contributed by atoms with Crippen LogP contribution in [0, 0.1) is 20.8 Å². The zero-order valence-corrected chi connectivity index (χ0v) is 33.2. The van der Waals surface area contributed by atoms with Crippen LogP contribution in [0.2, 0.25) is 0 Å². The third-order valence-corrected chi connectivity index (χ3v) is 9.55. The lowest BCUT2D eigenvalue weighted by Gasteiger charge is -2.28. The van der Waals surface area contributed by atoms with Crippen molar-refractivity contribution in [3.8, 4) is 0 Å². The van der Waals surface area contributed by atoms with Crippen molar-refractivity contribution in [3.63, 3.8) is 0 Å². The fraction of sp³-hybridized carbons (Fsp3) is 0.340. The molecule has 54 heavy (non-hydrogen) atoms. The van der Waals surface area contributed by atoms with Gasteiger partial charge in [-0.05, 0) is 111 Å². The van der Waals surface area contributed by atoms with E-state index < -0.39 is 0 Å². The molecule has 7 nitrogen and oxygen atoms in total. The normalized spacial score (nSPS) is 10.5. The molecule has 0 amide bonds. The predicted molar refractivity (Wildman–Crippen MR) is 228 cm³/mol. The van der Waals surface area contributed by atoms with Crippen molar-refractivity contribution in [2.24, 2.45) is 0 Å². The minimum atomic E-state index is 0.134. The molecule has 0 saturated heterocycles. The van der Waals surface area contributed by atoms with Crippen LogP contribution in [0.4, 0.5) is 17.1 Å². The van der Waals surface area contributed by atoms with Gasteiger partial charge in [-0.25, -0.2) is 0 Å². The first-order valence-corrected chi connectivity index (χ1v) is 19.1. The highest BCUT2D eigenvalue weighted by molar-refractivity contribution is 5.74. The standard InChI is InChI=1S/C29H38N2O2.C11H17NO.C7H6O/c1-5-30(16-18-32)25-12-14-27(22(3)20-25)29(24-10-8-7-9-11-24)28-15-13-26(21-23(28)4)31(6-2)17-19-33;1-3-12(7-8-13)11-6-4-5-10(2)9-11;8-6-7-4-2-1-3-5-7/h7-15,20-21,29,32-33H,5-6,16-19H2,1-4H3;4-6,9,13H,3,7-8H2,1-2H3;1-6H. The molecule has 0 atom stereocenters. The van der Waals surface area contributed by atoms with Crippen LogP contribution in [0.5, 0.6) is 0 Å². The lowest BCUT2D eigenvalue weighted by atomic mass is 9.81. The highest BCUT2D eigenvalue weighted by Crippen LogP contribution is 2.38. The summed E-state index contributed by atoms with van der Waals surface area (Å²) < 4.78 is 0. The molecule has 7 heteroatoms. The molecule has 0 heterocycles. The van der Waals surface area contributed by atoms with E-state index >= 15 is 0 Å². The summed E-state index contributed by atoms with van der Waals surface area (Å²) in [5, 5.41) is 27.7. The Balaban J connectivity index is 0.000000302. The van der Waals surface area contributed by atoms with Crippen LogP contribution in [0.1, 0.15) is 70.4 Å². The summed E-state index contributed by atoms with van der Waals surface area (Å²) in [4.78, 5) is 16.6. The van der Waals surface area contributed by atoms with Crippen molar-refractivity contribution in [2.45, 2.75) is 47.5 Å². The number of anilines is 3. The molecule has 0 radical (unpaired) electrons. The van der Waals surface area contributed by atoms with Gasteiger partial charge in [0.25, 0.3) is 0 Å². The lowest BCUT2D eigenvalue weighted by molar-refractivity contribution is 0.112. The van der Waals surface area contributed by atoms with Crippen molar-refractivity contribution in [1.82, 2.24) is 0 Å². The molecule has 5 aromatic carbocycles. The van der Waals surface area contributed by atoms with Crippen molar-refractivity contribution in [1.29, 1.82) is 0 Å². The fourth-order valence-corrected chi connectivity index (χ4v) is 6.66. The van der Waals surface area contributed by atoms with Crippen LogP contribution in [0.15, 0.2) is 121 Å². The molecular formula is C47H61N3O4. The Labute approximate surface area is 324 Å². The Kier molecular flexibility index (Phi) is 19.0. The number of rotatable bonds is 16. The number of aliphatic hydroxyl groups is 3. The monoisotopic (exact) mass is 731 g/mol. The van der Waals surface area contributed by atoms with Crippen LogP contribution in [-0.4, -0.2) is 80.7 Å². The Morgan fingerprint density at radius 2 is 0.944 bits per heavy atom. The topological polar surface area (TPSA) is 87.5 Å². The Morgan fingerprint density at radius 3 is 1.30 bits per heavy atom. The van der Waals surface area contributed by atoms with Gasteiger partial charge in [0.2, 0.25) is 0 Å². The van der Waals surface area contributed by atoms with E-state index in [9.17, 15) is 15.0 Å². The van der Waals surface area contributed by atoms with Gasteiger partial charge >= 0.3 is 0 Å². The van der Waals surface area contributed by atoms with Gasteiger partial charge in [0.05, 0.1) is 19.8 Å². The molecule has 0 unspecified atom stereocenters. The molecule has 0 aliphatic carbocycles. The van der Waals surface area contributed by atoms with Gasteiger partial charge in [0.15, 0.2) is 0 Å². The maximum Gasteiger partial charge on any atom is 0.150 e. The summed E-state index contributed by atoms with van der Waals surface area (Å²) in [7, 11) is 0. The third-order valence-electron chi connectivity index (χ3n) is 9.55. The van der Waals surface area contributed by atoms with Crippen LogP contribution in [0.25, 0.3) is 0 Å². The van der Waals surface area contributed by atoms with Gasteiger partial charge in [-0.2, -0.15) is 0 Å². The molecule has 288 valence electrons. The van der Waals surface area contributed by atoms with Crippen LogP contribution in [-0.2, 0) is 0 Å². The van der Waals surface area contributed by atoms with E-state index in [1.165, 1.54) is 39.1 Å². The molecule has 0 saturated carbocycles. The number of aldehydes is 1. The van der Waals surface area contributed by atoms with Gasteiger partial charge in [0, 0.05) is 67.8 Å². The second-order valence-corrected chi connectivity index (χ2v) is 13.2. The molecule has 0 aromatic heterocycles. The Hall–Kier alpha value is -4.95. The number of hydrogen-bond donors (Lipinski definition) is 3. The molecule has 0 aliphatic heterocycles. The molecule has 0 fully saturated rings. The Bertz CT molecular complexity index is 1730. The number of benzene rings is 5. The van der Waals surface area contributed by atoms with Gasteiger partial charge in [-0.1, -0.05) is 84.9 Å². The van der Waals surface area contributed by atoms with E-state index in [2.05, 4.69) is 141 Å². The van der Waals surface area contributed by atoms with Gasteiger partial charge in [0.1, 0.15) is 6.29 Å². The SMILES string of the molecule is CCN(CCO)c1ccc(C(c2ccccc2)c2ccc(N(CC)CCO)cc2C)c(C)c1.CCN(CCO)c1cccc(C)c1.O=Cc1ccccc1. The lowest BCUT2D eigenvalue weighted by Crippen LogP contribution is -2.26. The van der Waals surface area contributed by atoms with Crippen molar-refractivity contribution < 1.29 is 20.1 Å². The summed E-state index contributed by atoms with van der Waals surface area (Å²) >= 11 is 0. The van der Waals surface area contributed by atoms with Gasteiger partial charge in [-0.15, -0.1) is 0 Å². The number of likely N-dealkylation sites (N-methyl/N-ethyl adjacent to an activating group) is 3. The van der Waals surface area contributed by atoms with Crippen molar-refractivity contribution in [2.75, 3.05) is 73.8 Å². The number of carbonyl (C=O) groups excluding carboxylic acids is 1. The second kappa shape index (κ2) is 23.7. The number of hydrogen-bond acceptors (Lipinski definition) is 7. The highest BCUT2D eigenvalue weighted by atomic mass is 16.3.